The smallest absolute Gasteiger partial charge is 0.408 e. The Balaban J connectivity index is 2.53. The number of hydrogen-bond acceptors (Lipinski definition) is 6. The van der Waals surface area contributed by atoms with Crippen LogP contribution in [0.15, 0.2) is 0 Å². The molecule has 2 unspecified atom stereocenters. The fourth-order valence-electron chi connectivity index (χ4n) is 1.46. The van der Waals surface area contributed by atoms with E-state index < -0.39 is 35.8 Å². The first kappa shape index (κ1) is 15.0. The number of hydrogen-bond donors (Lipinski definition) is 3. The van der Waals surface area contributed by atoms with Crippen molar-refractivity contribution in [2.75, 3.05) is 6.61 Å². The maximum Gasteiger partial charge on any atom is 0.408 e. The van der Waals surface area contributed by atoms with E-state index in [-0.39, 0.29) is 6.61 Å². The molecule has 0 aromatic rings. The molecule has 1 aliphatic rings. The minimum absolute atomic E-state index is 0.321. The molecule has 19 heavy (non-hydrogen) atoms. The zero-order chi connectivity index (χ0) is 14.8. The number of nitrogens with one attached hydrogen (secondary N) is 1. The van der Waals surface area contributed by atoms with Gasteiger partial charge in [-0.1, -0.05) is 0 Å². The Morgan fingerprint density at radius 1 is 1.47 bits per heavy atom. The van der Waals surface area contributed by atoms with Gasteiger partial charge >= 0.3 is 12.2 Å². The molecule has 0 aromatic carbocycles. The third kappa shape index (κ3) is 3.98. The minimum atomic E-state index is -1.04. The Bertz CT molecular complexity index is 391. The number of rotatable bonds is 3. The maximum atomic E-state index is 11.5. The predicted octanol–water partition coefficient (Wildman–Crippen LogP) is -0.425. The van der Waals surface area contributed by atoms with Crippen molar-refractivity contribution >= 4 is 18.1 Å². The van der Waals surface area contributed by atoms with Crippen LogP contribution >= 0.6 is 0 Å². The van der Waals surface area contributed by atoms with Crippen molar-refractivity contribution < 1.29 is 29.1 Å². The van der Waals surface area contributed by atoms with Gasteiger partial charge in [0.2, 0.25) is 0 Å². The highest BCUT2D eigenvalue weighted by atomic mass is 16.6. The summed E-state index contributed by atoms with van der Waals surface area (Å²) in [5, 5.41) is 11.9. The van der Waals surface area contributed by atoms with E-state index in [2.05, 4.69) is 10.1 Å². The lowest BCUT2D eigenvalue weighted by Gasteiger charge is -2.41. The van der Waals surface area contributed by atoms with Crippen molar-refractivity contribution in [2.24, 2.45) is 5.73 Å². The highest BCUT2D eigenvalue weighted by Crippen LogP contribution is 2.18. The fraction of sp³-hybridized carbons (Fsp3) is 0.700. The van der Waals surface area contributed by atoms with Crippen LogP contribution in [0.3, 0.4) is 0 Å². The van der Waals surface area contributed by atoms with Crippen LogP contribution in [0.25, 0.3) is 0 Å². The van der Waals surface area contributed by atoms with Gasteiger partial charge < -0.3 is 20.5 Å². The Kier molecular flexibility index (Phi) is 4.20. The van der Waals surface area contributed by atoms with Crippen molar-refractivity contribution in [3.63, 3.8) is 0 Å². The average molecular weight is 275 g/mol. The number of nitrogens with two attached hydrogens (primary N) is 1. The van der Waals surface area contributed by atoms with Crippen molar-refractivity contribution in [1.29, 1.82) is 0 Å². The molecule has 1 rings (SSSR count). The average Bonchev–Trinajstić information content (AvgIpc) is 2.24. The lowest BCUT2D eigenvalue weighted by molar-refractivity contribution is -0.214. The Morgan fingerprint density at radius 3 is 2.53 bits per heavy atom. The molecule has 0 aromatic heterocycles. The molecule has 108 valence electrons. The van der Waals surface area contributed by atoms with E-state index in [0.717, 1.165) is 0 Å². The molecular weight excluding hydrogens is 258 g/mol. The molecule has 1 heterocycles. The summed E-state index contributed by atoms with van der Waals surface area (Å²) < 4.78 is 9.44. The van der Waals surface area contributed by atoms with E-state index in [1.54, 1.807) is 20.8 Å². The molecule has 3 amide bonds. The molecule has 2 atom stereocenters. The molecule has 0 spiro atoms. The maximum absolute atomic E-state index is 11.5. The SMILES string of the molecule is CC(C)(C)OC(=O)NC1C(=O)N(O)C1COC(N)=O. The van der Waals surface area contributed by atoms with Gasteiger partial charge in [0, 0.05) is 0 Å². The molecule has 0 saturated carbocycles. The van der Waals surface area contributed by atoms with Crippen molar-refractivity contribution in [2.45, 2.75) is 38.5 Å². The van der Waals surface area contributed by atoms with E-state index in [1.165, 1.54) is 0 Å². The number of carbonyl (C=O) groups is 3. The van der Waals surface area contributed by atoms with Gasteiger partial charge in [-0.25, -0.2) is 14.7 Å². The number of nitrogens with zero attached hydrogens (tertiary/aromatic N) is 1. The number of carbonyl (C=O) groups excluding carboxylic acids is 3. The first-order chi connectivity index (χ1) is 8.61. The Labute approximate surface area is 109 Å². The highest BCUT2D eigenvalue weighted by Gasteiger charge is 2.49. The summed E-state index contributed by atoms with van der Waals surface area (Å²) in [6.07, 6.45) is -1.84. The van der Waals surface area contributed by atoms with Crippen LogP contribution in [-0.4, -0.2) is 52.7 Å². The number of primary amides is 1. The summed E-state index contributed by atoms with van der Waals surface area (Å²) in [5.74, 6) is -0.719. The number of ether oxygens (including phenoxy) is 2. The molecular formula is C10H17N3O6. The van der Waals surface area contributed by atoms with Gasteiger partial charge in [-0.2, -0.15) is 0 Å². The largest absolute Gasteiger partial charge is 0.447 e. The Hall–Kier alpha value is -2.03. The van der Waals surface area contributed by atoms with Gasteiger partial charge in [-0.15, -0.1) is 0 Å². The monoisotopic (exact) mass is 275 g/mol. The van der Waals surface area contributed by atoms with Crippen LogP contribution in [0.2, 0.25) is 0 Å². The fourth-order valence-corrected chi connectivity index (χ4v) is 1.46. The molecule has 0 radical (unpaired) electrons. The number of β-lactam (4-membered cyclic amide) rings is 1. The molecule has 0 aliphatic carbocycles. The molecule has 1 saturated heterocycles. The third-order valence-electron chi connectivity index (χ3n) is 2.26. The van der Waals surface area contributed by atoms with E-state index in [1.807, 2.05) is 0 Å². The molecule has 1 fully saturated rings. The van der Waals surface area contributed by atoms with Crippen LogP contribution < -0.4 is 11.1 Å². The molecule has 1 aliphatic heterocycles. The number of alkyl carbamates (subject to hydrolysis) is 1. The summed E-state index contributed by atoms with van der Waals surface area (Å²) in [7, 11) is 0. The number of amides is 3. The quantitative estimate of drug-likeness (QED) is 0.473. The van der Waals surface area contributed by atoms with E-state index in [0.29, 0.717) is 5.06 Å². The topological polar surface area (TPSA) is 131 Å². The van der Waals surface area contributed by atoms with E-state index in [4.69, 9.17) is 10.5 Å². The van der Waals surface area contributed by atoms with Crippen LogP contribution in [0.1, 0.15) is 20.8 Å². The second-order valence-electron chi connectivity index (χ2n) is 5.00. The van der Waals surface area contributed by atoms with Crippen LogP contribution in [0.5, 0.6) is 0 Å². The van der Waals surface area contributed by atoms with Crippen LogP contribution in [0.4, 0.5) is 9.59 Å². The molecule has 9 heteroatoms. The first-order valence-corrected chi connectivity index (χ1v) is 5.55. The summed E-state index contributed by atoms with van der Waals surface area (Å²) in [6.45, 7) is 4.68. The van der Waals surface area contributed by atoms with E-state index in [9.17, 15) is 19.6 Å². The van der Waals surface area contributed by atoms with Gasteiger partial charge in [-0.05, 0) is 20.8 Å². The zero-order valence-electron chi connectivity index (χ0n) is 10.9. The lowest BCUT2D eigenvalue weighted by atomic mass is 9.99. The molecule has 9 nitrogen and oxygen atoms in total. The van der Waals surface area contributed by atoms with Gasteiger partial charge in [-0.3, -0.25) is 10.0 Å². The minimum Gasteiger partial charge on any atom is -0.447 e. The predicted molar refractivity (Wildman–Crippen MR) is 61.1 cm³/mol. The third-order valence-corrected chi connectivity index (χ3v) is 2.26. The lowest BCUT2D eigenvalue weighted by Crippen LogP contribution is -2.71. The van der Waals surface area contributed by atoms with E-state index >= 15 is 0 Å². The Morgan fingerprint density at radius 2 is 2.05 bits per heavy atom. The molecule has 0 bridgehead atoms. The van der Waals surface area contributed by atoms with Crippen molar-refractivity contribution in [3.05, 3.63) is 0 Å². The summed E-state index contributed by atoms with van der Waals surface area (Å²) in [4.78, 5) is 33.3. The summed E-state index contributed by atoms with van der Waals surface area (Å²) in [6, 6.07) is -1.90. The second-order valence-corrected chi connectivity index (χ2v) is 5.00. The summed E-state index contributed by atoms with van der Waals surface area (Å²) in [5.41, 5.74) is 4.06. The van der Waals surface area contributed by atoms with Crippen molar-refractivity contribution in [1.82, 2.24) is 10.4 Å². The van der Waals surface area contributed by atoms with Gasteiger partial charge in [0.15, 0.2) is 0 Å². The van der Waals surface area contributed by atoms with Crippen LogP contribution in [0, 0.1) is 0 Å². The van der Waals surface area contributed by atoms with Gasteiger partial charge in [0.25, 0.3) is 5.91 Å². The van der Waals surface area contributed by atoms with Crippen LogP contribution in [-0.2, 0) is 14.3 Å². The first-order valence-electron chi connectivity index (χ1n) is 5.55. The number of hydroxylamine groups is 2. The normalized spacial score (nSPS) is 22.5. The van der Waals surface area contributed by atoms with Gasteiger partial charge in [0.1, 0.15) is 24.3 Å². The molecule has 4 N–H and O–H groups in total. The summed E-state index contributed by atoms with van der Waals surface area (Å²) >= 11 is 0. The standard InChI is InChI=1S/C10H17N3O6/c1-10(2,3)19-9(16)12-6-5(4-18-8(11)15)13(17)7(6)14/h5-6,17H,4H2,1-3H3,(H2,11,15)(H,12,16). The zero-order valence-corrected chi connectivity index (χ0v) is 10.9. The second kappa shape index (κ2) is 5.31. The highest BCUT2D eigenvalue weighted by molar-refractivity contribution is 5.91. The van der Waals surface area contributed by atoms with Crippen molar-refractivity contribution in [3.8, 4) is 0 Å². The van der Waals surface area contributed by atoms with Gasteiger partial charge in [0.05, 0.1) is 0 Å².